The zero-order chi connectivity index (χ0) is 29.9. The SMILES string of the molecule is CC[C@H](CC[C@H](O)[C@@H](C)[C@@H](O)[C@@H](C)/C(C)=C/CC(=O)OC)CO[Si](c1ccccc1)(c1ccccc1)C(C)(C)C. The van der Waals surface area contributed by atoms with Gasteiger partial charge in [0.25, 0.3) is 8.32 Å². The number of carbonyl (C=O) groups excluding carboxylic acids is 1. The van der Waals surface area contributed by atoms with Gasteiger partial charge in [-0.15, -0.1) is 0 Å². The number of rotatable bonds is 15. The summed E-state index contributed by atoms with van der Waals surface area (Å²) >= 11 is 0. The zero-order valence-corrected chi connectivity index (χ0v) is 26.9. The molecule has 0 unspecified atom stereocenters. The highest BCUT2D eigenvalue weighted by Gasteiger charge is 2.50. The molecule has 0 spiro atoms. The van der Waals surface area contributed by atoms with Gasteiger partial charge in [-0.3, -0.25) is 4.79 Å². The Labute approximate surface area is 243 Å². The van der Waals surface area contributed by atoms with Crippen LogP contribution >= 0.6 is 0 Å². The molecule has 2 aromatic carbocycles. The van der Waals surface area contributed by atoms with E-state index in [0.717, 1.165) is 18.4 Å². The molecule has 0 aliphatic carbocycles. The Hall–Kier alpha value is -2.25. The van der Waals surface area contributed by atoms with E-state index >= 15 is 0 Å². The lowest BCUT2D eigenvalue weighted by Gasteiger charge is -2.43. The van der Waals surface area contributed by atoms with Crippen LogP contribution in [0, 0.1) is 17.8 Å². The third kappa shape index (κ3) is 8.62. The Balaban J connectivity index is 2.13. The van der Waals surface area contributed by atoms with E-state index in [1.807, 2.05) is 20.8 Å². The highest BCUT2D eigenvalue weighted by molar-refractivity contribution is 6.99. The van der Waals surface area contributed by atoms with Crippen molar-refractivity contribution in [2.24, 2.45) is 17.8 Å². The normalized spacial score (nSPS) is 16.6. The molecule has 0 heterocycles. The number of hydrogen-bond donors (Lipinski definition) is 2. The molecule has 5 atom stereocenters. The van der Waals surface area contributed by atoms with Gasteiger partial charge in [-0.1, -0.05) is 120 Å². The lowest BCUT2D eigenvalue weighted by Crippen LogP contribution is -2.66. The molecule has 0 fully saturated rings. The number of ether oxygens (including phenoxy) is 1. The molecular formula is C34H52O5Si. The first-order valence-electron chi connectivity index (χ1n) is 14.7. The van der Waals surface area contributed by atoms with Crippen LogP contribution in [-0.4, -0.2) is 50.4 Å². The van der Waals surface area contributed by atoms with Crippen molar-refractivity contribution in [2.75, 3.05) is 13.7 Å². The zero-order valence-electron chi connectivity index (χ0n) is 25.9. The van der Waals surface area contributed by atoms with E-state index in [4.69, 9.17) is 9.16 Å². The Morgan fingerprint density at radius 1 is 0.950 bits per heavy atom. The van der Waals surface area contributed by atoms with Crippen LogP contribution in [0.4, 0.5) is 0 Å². The maximum atomic E-state index is 11.5. The van der Waals surface area contributed by atoms with Crippen LogP contribution in [0.5, 0.6) is 0 Å². The van der Waals surface area contributed by atoms with Crippen molar-refractivity contribution in [1.29, 1.82) is 0 Å². The lowest BCUT2D eigenvalue weighted by atomic mass is 9.83. The third-order valence-corrected chi connectivity index (χ3v) is 13.6. The number of hydrogen-bond acceptors (Lipinski definition) is 5. The van der Waals surface area contributed by atoms with Gasteiger partial charge in [-0.05, 0) is 41.1 Å². The Morgan fingerprint density at radius 3 is 1.93 bits per heavy atom. The van der Waals surface area contributed by atoms with Gasteiger partial charge in [0.2, 0.25) is 0 Å². The van der Waals surface area contributed by atoms with E-state index in [0.29, 0.717) is 18.9 Å². The fourth-order valence-corrected chi connectivity index (χ4v) is 10.2. The summed E-state index contributed by atoms with van der Waals surface area (Å²) < 4.78 is 11.9. The van der Waals surface area contributed by atoms with Crippen LogP contribution in [-0.2, 0) is 14.0 Å². The Morgan fingerprint density at radius 2 is 1.48 bits per heavy atom. The van der Waals surface area contributed by atoms with Crippen LogP contribution in [0.25, 0.3) is 0 Å². The first-order valence-corrected chi connectivity index (χ1v) is 16.6. The molecule has 0 amide bonds. The number of aliphatic hydroxyl groups is 2. The number of esters is 1. The summed E-state index contributed by atoms with van der Waals surface area (Å²) in [6.07, 6.45) is 3.00. The topological polar surface area (TPSA) is 76.0 Å². The van der Waals surface area contributed by atoms with Crippen molar-refractivity contribution in [3.8, 4) is 0 Å². The second kappa shape index (κ2) is 15.7. The fourth-order valence-electron chi connectivity index (χ4n) is 5.54. The molecule has 5 nitrogen and oxygen atoms in total. The van der Waals surface area contributed by atoms with Crippen LogP contribution < -0.4 is 10.4 Å². The molecule has 2 aromatic rings. The van der Waals surface area contributed by atoms with Crippen molar-refractivity contribution in [3.05, 3.63) is 72.3 Å². The number of benzene rings is 2. The van der Waals surface area contributed by atoms with Gasteiger partial charge >= 0.3 is 5.97 Å². The van der Waals surface area contributed by atoms with Crippen molar-refractivity contribution in [3.63, 3.8) is 0 Å². The second-order valence-electron chi connectivity index (χ2n) is 12.3. The molecule has 2 rings (SSSR count). The smallest absolute Gasteiger partial charge is 0.309 e. The monoisotopic (exact) mass is 568 g/mol. The van der Waals surface area contributed by atoms with Gasteiger partial charge in [0, 0.05) is 18.4 Å². The maximum absolute atomic E-state index is 11.5. The standard InChI is InChI=1S/C34H52O5Si/c1-9-28(21-22-31(35)27(4)33(37)26(3)25(2)20-23-32(36)38-8)24-39-40(34(5,6)7,29-16-12-10-13-17-29)30-18-14-11-15-19-30/h10-20,26-28,31,33,35,37H,9,21-24H2,1-8H3/b25-20+/t26-,27+,28+,31-,33-/m0/s1. The van der Waals surface area contributed by atoms with Gasteiger partial charge in [-0.2, -0.15) is 0 Å². The van der Waals surface area contributed by atoms with Crippen molar-refractivity contribution in [2.45, 2.75) is 91.4 Å². The maximum Gasteiger partial charge on any atom is 0.309 e. The van der Waals surface area contributed by atoms with Crippen LogP contribution in [0.2, 0.25) is 5.04 Å². The summed E-state index contributed by atoms with van der Waals surface area (Å²) in [6, 6.07) is 21.3. The van der Waals surface area contributed by atoms with Crippen LogP contribution in [0.1, 0.15) is 74.1 Å². The first-order chi connectivity index (χ1) is 18.9. The van der Waals surface area contributed by atoms with Gasteiger partial charge in [0.1, 0.15) is 0 Å². The molecular weight excluding hydrogens is 516 g/mol. The van der Waals surface area contributed by atoms with E-state index in [-0.39, 0.29) is 29.3 Å². The minimum atomic E-state index is -2.61. The van der Waals surface area contributed by atoms with Crippen LogP contribution in [0.15, 0.2) is 72.3 Å². The van der Waals surface area contributed by atoms with E-state index in [2.05, 4.69) is 88.4 Å². The minimum absolute atomic E-state index is 0.0818. The van der Waals surface area contributed by atoms with Gasteiger partial charge in [-0.25, -0.2) is 0 Å². The largest absolute Gasteiger partial charge is 0.469 e. The van der Waals surface area contributed by atoms with E-state index in [1.165, 1.54) is 17.5 Å². The summed E-state index contributed by atoms with van der Waals surface area (Å²) in [6.45, 7) is 15.4. The summed E-state index contributed by atoms with van der Waals surface area (Å²) in [7, 11) is -1.25. The number of methoxy groups -OCH3 is 1. The highest BCUT2D eigenvalue weighted by atomic mass is 28.4. The summed E-state index contributed by atoms with van der Waals surface area (Å²) in [5.41, 5.74) is 0.919. The minimum Gasteiger partial charge on any atom is -0.469 e. The molecule has 6 heteroatoms. The molecule has 0 aromatic heterocycles. The number of carbonyl (C=O) groups is 1. The number of aliphatic hydroxyl groups excluding tert-OH is 2. The molecule has 0 saturated heterocycles. The summed E-state index contributed by atoms with van der Waals surface area (Å²) in [4.78, 5) is 11.5. The van der Waals surface area contributed by atoms with Gasteiger partial charge in [0.15, 0.2) is 0 Å². The molecule has 0 aliphatic rings. The Bertz CT molecular complexity index is 1010. The summed E-state index contributed by atoms with van der Waals surface area (Å²) in [5, 5.41) is 24.5. The molecule has 0 saturated carbocycles. The quantitative estimate of drug-likeness (QED) is 0.160. The predicted octanol–water partition coefficient (Wildman–Crippen LogP) is 5.87. The molecule has 2 N–H and O–H groups in total. The summed E-state index contributed by atoms with van der Waals surface area (Å²) in [5.74, 6) is -0.485. The average Bonchev–Trinajstić information content (AvgIpc) is 2.96. The molecule has 40 heavy (non-hydrogen) atoms. The van der Waals surface area contributed by atoms with Gasteiger partial charge in [0.05, 0.1) is 25.7 Å². The molecule has 0 radical (unpaired) electrons. The van der Waals surface area contributed by atoms with E-state index in [9.17, 15) is 15.0 Å². The highest BCUT2D eigenvalue weighted by Crippen LogP contribution is 2.37. The van der Waals surface area contributed by atoms with Gasteiger partial charge < -0.3 is 19.4 Å². The Kier molecular flexibility index (Phi) is 13.3. The van der Waals surface area contributed by atoms with Crippen molar-refractivity contribution >= 4 is 24.7 Å². The first kappa shape index (κ1) is 34.0. The molecule has 0 bridgehead atoms. The molecule has 222 valence electrons. The second-order valence-corrected chi connectivity index (χ2v) is 16.6. The predicted molar refractivity (Wildman–Crippen MR) is 167 cm³/mol. The molecule has 0 aliphatic heterocycles. The lowest BCUT2D eigenvalue weighted by molar-refractivity contribution is -0.139. The van der Waals surface area contributed by atoms with Crippen LogP contribution in [0.3, 0.4) is 0 Å². The third-order valence-electron chi connectivity index (χ3n) is 8.59. The van der Waals surface area contributed by atoms with E-state index in [1.54, 1.807) is 6.08 Å². The average molecular weight is 569 g/mol. The fraction of sp³-hybridized carbons (Fsp3) is 0.559. The van der Waals surface area contributed by atoms with Crippen molar-refractivity contribution in [1.82, 2.24) is 0 Å². The van der Waals surface area contributed by atoms with E-state index < -0.39 is 20.5 Å². The van der Waals surface area contributed by atoms with Crippen molar-refractivity contribution < 1.29 is 24.2 Å².